The number of nitrogens with zero attached hydrogens (tertiary/aromatic N) is 2. The molecule has 0 aliphatic rings. The first-order chi connectivity index (χ1) is 10.6. The molecule has 1 amide bonds. The van der Waals surface area contributed by atoms with Crippen LogP contribution < -0.4 is 10.8 Å². The highest BCUT2D eigenvalue weighted by atomic mass is 16.2. The number of aldehydes is 1. The van der Waals surface area contributed by atoms with Crippen molar-refractivity contribution in [2.75, 3.05) is 5.32 Å². The lowest BCUT2D eigenvalue weighted by Gasteiger charge is -2.05. The normalized spacial score (nSPS) is 12.1. The summed E-state index contributed by atoms with van der Waals surface area (Å²) in [6.07, 6.45) is 3.60. The van der Waals surface area contributed by atoms with Crippen molar-refractivity contribution in [1.29, 1.82) is 0 Å². The van der Waals surface area contributed by atoms with E-state index in [1.165, 1.54) is 6.20 Å². The Labute approximate surface area is 128 Å². The second-order valence-electron chi connectivity index (χ2n) is 4.82. The van der Waals surface area contributed by atoms with Crippen molar-refractivity contribution in [3.8, 4) is 0 Å². The second kappa shape index (κ2) is 7.17. The van der Waals surface area contributed by atoms with E-state index in [1.807, 2.05) is 50.5 Å². The van der Waals surface area contributed by atoms with E-state index in [0.717, 1.165) is 5.56 Å². The predicted octanol–water partition coefficient (Wildman–Crippen LogP) is 1.96. The number of benzene rings is 1. The van der Waals surface area contributed by atoms with Crippen LogP contribution in [0.2, 0.25) is 0 Å². The van der Waals surface area contributed by atoms with Gasteiger partial charge in [-0.05, 0) is 36.8 Å². The van der Waals surface area contributed by atoms with Crippen molar-refractivity contribution >= 4 is 17.9 Å². The number of nitrogens with one attached hydrogen (secondary N) is 1. The lowest BCUT2D eigenvalue weighted by molar-refractivity contribution is -0.115. The van der Waals surface area contributed by atoms with Crippen molar-refractivity contribution in [2.45, 2.75) is 6.92 Å². The van der Waals surface area contributed by atoms with Crippen LogP contribution in [0, 0.1) is 6.92 Å². The van der Waals surface area contributed by atoms with Gasteiger partial charge in [0.25, 0.3) is 5.91 Å². The third kappa shape index (κ3) is 4.02. The molecule has 0 radical (unpaired) electrons. The average Bonchev–Trinajstić information content (AvgIpc) is 2.49. The summed E-state index contributed by atoms with van der Waals surface area (Å²) in [7, 11) is 1.83. The van der Waals surface area contributed by atoms with Crippen LogP contribution in [-0.4, -0.2) is 16.8 Å². The van der Waals surface area contributed by atoms with Crippen LogP contribution in [0.1, 0.15) is 5.56 Å². The van der Waals surface area contributed by atoms with Gasteiger partial charge in [0.05, 0.1) is 5.57 Å². The summed E-state index contributed by atoms with van der Waals surface area (Å²) < 4.78 is 1.79. The molecule has 0 aliphatic heterocycles. The van der Waals surface area contributed by atoms with E-state index in [0.29, 0.717) is 17.5 Å². The van der Waals surface area contributed by atoms with Gasteiger partial charge in [0.2, 0.25) is 0 Å². The van der Waals surface area contributed by atoms with Gasteiger partial charge in [0.15, 0.2) is 6.29 Å². The van der Waals surface area contributed by atoms with Crippen molar-refractivity contribution in [2.24, 2.45) is 12.0 Å². The van der Waals surface area contributed by atoms with Crippen LogP contribution in [0.4, 0.5) is 5.69 Å². The van der Waals surface area contributed by atoms with Gasteiger partial charge in [-0.2, -0.15) is 0 Å². The van der Waals surface area contributed by atoms with Gasteiger partial charge < -0.3 is 9.88 Å². The Morgan fingerprint density at radius 2 is 2.05 bits per heavy atom. The molecule has 22 heavy (non-hydrogen) atoms. The smallest absolute Gasteiger partial charge is 0.260 e. The highest BCUT2D eigenvalue weighted by Crippen LogP contribution is 2.10. The quantitative estimate of drug-likeness (QED) is 0.405. The monoisotopic (exact) mass is 295 g/mol. The van der Waals surface area contributed by atoms with Crippen molar-refractivity contribution in [3.05, 3.63) is 71.5 Å². The topological polar surface area (TPSA) is 63.5 Å². The summed E-state index contributed by atoms with van der Waals surface area (Å²) in [5.74, 6) is -0.483. The molecule has 2 aromatic rings. The number of rotatable bonds is 4. The molecule has 2 rings (SSSR count). The number of carbonyl (C=O) groups is 2. The SMILES string of the molecule is Cc1cccc(NC(=O)/C(C=O)=C/N=c2/ccccn2C)c1. The molecule has 1 N–H and O–H groups in total. The first kappa shape index (κ1) is 15.4. The Balaban J connectivity index is 2.23. The molecule has 112 valence electrons. The molecule has 1 aromatic heterocycles. The fraction of sp³-hybridized carbons (Fsp3) is 0.118. The molecule has 0 bridgehead atoms. The zero-order valence-corrected chi connectivity index (χ0v) is 12.5. The largest absolute Gasteiger partial charge is 0.336 e. The van der Waals surface area contributed by atoms with E-state index in [2.05, 4.69) is 10.3 Å². The summed E-state index contributed by atoms with van der Waals surface area (Å²) in [5, 5.41) is 2.68. The number of anilines is 1. The van der Waals surface area contributed by atoms with Gasteiger partial charge in [-0.15, -0.1) is 0 Å². The van der Waals surface area contributed by atoms with Crippen LogP contribution in [0.5, 0.6) is 0 Å². The molecule has 5 nitrogen and oxygen atoms in total. The lowest BCUT2D eigenvalue weighted by Crippen LogP contribution is -2.17. The summed E-state index contributed by atoms with van der Waals surface area (Å²) in [4.78, 5) is 27.4. The summed E-state index contributed by atoms with van der Waals surface area (Å²) in [6.45, 7) is 1.93. The first-order valence-corrected chi connectivity index (χ1v) is 6.79. The summed E-state index contributed by atoms with van der Waals surface area (Å²) >= 11 is 0. The molecular weight excluding hydrogens is 278 g/mol. The van der Waals surface area contributed by atoms with Gasteiger partial charge in [-0.1, -0.05) is 18.2 Å². The van der Waals surface area contributed by atoms with Crippen LogP contribution in [-0.2, 0) is 16.6 Å². The van der Waals surface area contributed by atoms with Gasteiger partial charge in [0, 0.05) is 25.1 Å². The van der Waals surface area contributed by atoms with E-state index < -0.39 is 5.91 Å². The maximum absolute atomic E-state index is 12.1. The first-order valence-electron chi connectivity index (χ1n) is 6.79. The van der Waals surface area contributed by atoms with E-state index in [1.54, 1.807) is 16.7 Å². The van der Waals surface area contributed by atoms with Crippen LogP contribution in [0.3, 0.4) is 0 Å². The molecule has 0 spiro atoms. The Morgan fingerprint density at radius 3 is 2.73 bits per heavy atom. The molecule has 0 fully saturated rings. The Morgan fingerprint density at radius 1 is 1.23 bits per heavy atom. The lowest BCUT2D eigenvalue weighted by atomic mass is 10.2. The van der Waals surface area contributed by atoms with Gasteiger partial charge in [-0.3, -0.25) is 9.59 Å². The summed E-state index contributed by atoms with van der Waals surface area (Å²) in [6, 6.07) is 12.8. The molecule has 0 unspecified atom stereocenters. The van der Waals surface area contributed by atoms with Gasteiger partial charge in [0.1, 0.15) is 5.49 Å². The third-order valence-electron chi connectivity index (χ3n) is 3.03. The third-order valence-corrected chi connectivity index (χ3v) is 3.03. The van der Waals surface area contributed by atoms with Crippen LogP contribution in [0.15, 0.2) is 65.4 Å². The number of carbonyl (C=O) groups excluding carboxylic acids is 2. The standard InChI is InChI=1S/C17H17N3O2/c1-13-6-5-7-15(10-13)19-17(22)14(12-21)11-18-16-8-3-4-9-20(16)2/h3-12H,1-2H3,(H,19,22)/b14-11+,18-16-. The zero-order chi connectivity index (χ0) is 15.9. The number of aryl methyl sites for hydroxylation is 2. The van der Waals surface area contributed by atoms with E-state index >= 15 is 0 Å². The summed E-state index contributed by atoms with van der Waals surface area (Å²) in [5.41, 5.74) is 2.27. The maximum Gasteiger partial charge on any atom is 0.260 e. The fourth-order valence-corrected chi connectivity index (χ4v) is 1.85. The van der Waals surface area contributed by atoms with Crippen molar-refractivity contribution < 1.29 is 9.59 Å². The minimum atomic E-state index is -0.483. The highest BCUT2D eigenvalue weighted by molar-refractivity contribution is 6.16. The fourth-order valence-electron chi connectivity index (χ4n) is 1.85. The van der Waals surface area contributed by atoms with Crippen LogP contribution in [0.25, 0.3) is 0 Å². The molecule has 0 saturated carbocycles. The minimum Gasteiger partial charge on any atom is -0.336 e. The van der Waals surface area contributed by atoms with Gasteiger partial charge in [-0.25, -0.2) is 4.99 Å². The highest BCUT2D eigenvalue weighted by Gasteiger charge is 2.08. The molecule has 0 saturated heterocycles. The molecular formula is C17H17N3O2. The van der Waals surface area contributed by atoms with E-state index in [9.17, 15) is 9.59 Å². The molecule has 0 atom stereocenters. The number of pyridine rings is 1. The molecule has 0 aliphatic carbocycles. The number of hydrogen-bond acceptors (Lipinski definition) is 3. The minimum absolute atomic E-state index is 0.0367. The van der Waals surface area contributed by atoms with Crippen molar-refractivity contribution in [3.63, 3.8) is 0 Å². The molecule has 1 heterocycles. The number of aromatic nitrogens is 1. The van der Waals surface area contributed by atoms with E-state index in [-0.39, 0.29) is 5.57 Å². The molecule has 1 aromatic carbocycles. The Bertz CT molecular complexity index is 788. The van der Waals surface area contributed by atoms with Crippen molar-refractivity contribution in [1.82, 2.24) is 4.57 Å². The number of hydrogen-bond donors (Lipinski definition) is 1. The zero-order valence-electron chi connectivity index (χ0n) is 12.5. The Hall–Kier alpha value is -2.95. The second-order valence-corrected chi connectivity index (χ2v) is 4.82. The maximum atomic E-state index is 12.1. The van der Waals surface area contributed by atoms with Crippen LogP contribution >= 0.6 is 0 Å². The average molecular weight is 295 g/mol. The predicted molar refractivity (Wildman–Crippen MR) is 84.9 cm³/mol. The molecule has 5 heteroatoms. The number of amides is 1. The van der Waals surface area contributed by atoms with Gasteiger partial charge >= 0.3 is 0 Å². The Kier molecular flexibility index (Phi) is 5.03. The van der Waals surface area contributed by atoms with E-state index in [4.69, 9.17) is 0 Å².